The second-order valence-electron chi connectivity index (χ2n) is 8.30. The minimum atomic E-state index is -1.03. The number of hydrogen-bond donors (Lipinski definition) is 1. The summed E-state index contributed by atoms with van der Waals surface area (Å²) in [6, 6.07) is 4.25. The number of carbonyl (C=O) groups excluding carboxylic acids is 1. The standard InChI is InChI=1S/C24H22F2N4O2S/c1-5-13(2)32-21-12-28-19(11-29-21)18(26)9-15-6-7-17(25)16(8-15)23(4)20-10-24(20,14(3)31)33-22(27)30-23/h1,6-9,11-13,20H,10H2,2-4H3,(H2,27,30)/b18-9-/t13?,20-,23+,24+/m0/s1. The number of amidine groups is 1. The van der Waals surface area contributed by atoms with Crippen molar-refractivity contribution in [1.29, 1.82) is 0 Å². The van der Waals surface area contributed by atoms with Crippen molar-refractivity contribution in [3.63, 3.8) is 0 Å². The quantitative estimate of drug-likeness (QED) is 0.642. The molecule has 1 aliphatic heterocycles. The van der Waals surface area contributed by atoms with Gasteiger partial charge in [0, 0.05) is 11.5 Å². The summed E-state index contributed by atoms with van der Waals surface area (Å²) in [6.07, 6.45) is 9.06. The van der Waals surface area contributed by atoms with Crippen molar-refractivity contribution in [2.75, 3.05) is 0 Å². The van der Waals surface area contributed by atoms with Crippen LogP contribution in [0, 0.1) is 24.1 Å². The molecule has 2 heterocycles. The number of halogens is 2. The summed E-state index contributed by atoms with van der Waals surface area (Å²) in [4.78, 5) is 24.8. The van der Waals surface area contributed by atoms with Gasteiger partial charge in [0.2, 0.25) is 5.88 Å². The first-order valence-corrected chi connectivity index (χ1v) is 11.1. The van der Waals surface area contributed by atoms with Crippen LogP contribution in [0.25, 0.3) is 11.9 Å². The molecule has 170 valence electrons. The molecule has 33 heavy (non-hydrogen) atoms. The molecule has 6 nitrogen and oxygen atoms in total. The first-order chi connectivity index (χ1) is 15.6. The molecule has 1 saturated carbocycles. The zero-order chi connectivity index (χ0) is 24.0. The van der Waals surface area contributed by atoms with Gasteiger partial charge >= 0.3 is 0 Å². The highest BCUT2D eigenvalue weighted by Gasteiger charge is 2.69. The number of aromatic nitrogens is 2. The molecule has 1 aliphatic carbocycles. The third-order valence-corrected chi connectivity index (χ3v) is 7.45. The van der Waals surface area contributed by atoms with E-state index in [1.165, 1.54) is 55.4 Å². The van der Waals surface area contributed by atoms with Crippen LogP contribution in [0.2, 0.25) is 0 Å². The zero-order valence-corrected chi connectivity index (χ0v) is 19.1. The van der Waals surface area contributed by atoms with Crippen LogP contribution in [0.4, 0.5) is 8.78 Å². The molecule has 1 unspecified atom stereocenters. The summed E-state index contributed by atoms with van der Waals surface area (Å²) in [7, 11) is 0. The molecule has 2 aromatic rings. The Morgan fingerprint density at radius 2 is 2.18 bits per heavy atom. The minimum Gasteiger partial charge on any atom is -0.460 e. The van der Waals surface area contributed by atoms with Gasteiger partial charge in [0.05, 0.1) is 22.7 Å². The Labute approximate surface area is 194 Å². The second kappa shape index (κ2) is 8.27. The molecule has 0 saturated heterocycles. The molecule has 0 amide bonds. The Morgan fingerprint density at radius 3 is 2.82 bits per heavy atom. The molecule has 1 fully saturated rings. The largest absolute Gasteiger partial charge is 0.460 e. The number of aliphatic imine (C=N–C) groups is 1. The van der Waals surface area contributed by atoms with Crippen LogP contribution >= 0.6 is 11.8 Å². The lowest BCUT2D eigenvalue weighted by Gasteiger charge is -2.33. The third-order valence-electron chi connectivity index (χ3n) is 6.05. The van der Waals surface area contributed by atoms with Crippen LogP contribution in [0.3, 0.4) is 0 Å². The number of thioether (sulfide) groups is 1. The molecule has 4 rings (SSSR count). The van der Waals surface area contributed by atoms with Gasteiger partial charge in [-0.05, 0) is 51.0 Å². The predicted molar refractivity (Wildman–Crippen MR) is 124 cm³/mol. The van der Waals surface area contributed by atoms with Crippen LogP contribution in [-0.2, 0) is 10.3 Å². The van der Waals surface area contributed by atoms with Crippen molar-refractivity contribution in [1.82, 2.24) is 9.97 Å². The number of hydrogen-bond acceptors (Lipinski definition) is 7. The summed E-state index contributed by atoms with van der Waals surface area (Å²) in [5, 5.41) is 0.240. The first kappa shape index (κ1) is 22.9. The van der Waals surface area contributed by atoms with Crippen LogP contribution < -0.4 is 10.5 Å². The van der Waals surface area contributed by atoms with Crippen LogP contribution in [0.5, 0.6) is 5.88 Å². The number of benzene rings is 1. The summed E-state index contributed by atoms with van der Waals surface area (Å²) in [5.74, 6) is 1.22. The van der Waals surface area contributed by atoms with Gasteiger partial charge in [0.15, 0.2) is 17.1 Å². The van der Waals surface area contributed by atoms with Crippen molar-refractivity contribution >= 4 is 34.6 Å². The van der Waals surface area contributed by atoms with Crippen LogP contribution in [0.15, 0.2) is 35.6 Å². The fourth-order valence-electron chi connectivity index (χ4n) is 4.19. The number of nitrogens with two attached hydrogens (primary N) is 1. The fourth-order valence-corrected chi connectivity index (χ4v) is 5.57. The summed E-state index contributed by atoms with van der Waals surface area (Å²) in [5.41, 5.74) is 5.65. The number of carbonyl (C=O) groups is 1. The molecule has 9 heteroatoms. The molecule has 0 radical (unpaired) electrons. The second-order valence-corrected chi connectivity index (χ2v) is 9.65. The van der Waals surface area contributed by atoms with E-state index in [9.17, 15) is 13.6 Å². The third kappa shape index (κ3) is 4.11. The van der Waals surface area contributed by atoms with E-state index < -0.39 is 28.0 Å². The number of rotatable bonds is 6. The molecule has 0 spiro atoms. The lowest BCUT2D eigenvalue weighted by molar-refractivity contribution is -0.117. The first-order valence-electron chi connectivity index (χ1n) is 10.3. The summed E-state index contributed by atoms with van der Waals surface area (Å²) in [6.45, 7) is 4.95. The minimum absolute atomic E-state index is 0.00767. The van der Waals surface area contributed by atoms with E-state index in [1.807, 2.05) is 0 Å². The average molecular weight is 469 g/mol. The number of fused-ring (bicyclic) bond motifs is 1. The summed E-state index contributed by atoms with van der Waals surface area (Å²) < 4.78 is 34.4. The Balaban J connectivity index is 1.64. The maximum absolute atomic E-state index is 14.9. The van der Waals surface area contributed by atoms with Crippen molar-refractivity contribution in [2.24, 2.45) is 16.6 Å². The topological polar surface area (TPSA) is 90.5 Å². The monoisotopic (exact) mass is 468 g/mol. The highest BCUT2D eigenvalue weighted by Crippen LogP contribution is 2.66. The average Bonchev–Trinajstić information content (AvgIpc) is 3.52. The molecule has 1 aromatic carbocycles. The highest BCUT2D eigenvalue weighted by atomic mass is 32.2. The molecular weight excluding hydrogens is 446 g/mol. The Morgan fingerprint density at radius 1 is 1.42 bits per heavy atom. The van der Waals surface area contributed by atoms with E-state index >= 15 is 0 Å². The summed E-state index contributed by atoms with van der Waals surface area (Å²) >= 11 is 1.24. The Kier molecular flexibility index (Phi) is 5.74. The molecule has 2 N–H and O–H groups in total. The van der Waals surface area contributed by atoms with Crippen molar-refractivity contribution in [3.8, 4) is 18.2 Å². The highest BCUT2D eigenvalue weighted by molar-refractivity contribution is 8.15. The van der Waals surface area contributed by atoms with Gasteiger partial charge in [0.1, 0.15) is 17.3 Å². The number of ketones is 1. The number of terminal acetylenes is 1. The molecular formula is C24H22F2N4O2S. The Bertz CT molecular complexity index is 1220. The van der Waals surface area contributed by atoms with Gasteiger partial charge in [-0.25, -0.2) is 18.7 Å². The molecule has 4 atom stereocenters. The van der Waals surface area contributed by atoms with E-state index in [2.05, 4.69) is 20.9 Å². The van der Waals surface area contributed by atoms with Gasteiger partial charge in [-0.15, -0.1) is 6.42 Å². The van der Waals surface area contributed by atoms with Crippen LogP contribution in [0.1, 0.15) is 44.0 Å². The van der Waals surface area contributed by atoms with Crippen LogP contribution in [-0.4, -0.2) is 31.8 Å². The smallest absolute Gasteiger partial charge is 0.233 e. The van der Waals surface area contributed by atoms with Crippen molar-refractivity contribution < 1.29 is 18.3 Å². The SMILES string of the molecule is C#CC(C)Oc1cnc(/C(F)=C/c2ccc(F)c([C@@]3(C)N=C(N)S[C@@]4(C(C)=O)C[C@H]43)c2)cn1. The normalized spacial score (nSPS) is 27.1. The van der Waals surface area contributed by atoms with E-state index in [1.54, 1.807) is 13.8 Å². The number of ether oxygens (including phenoxy) is 1. The van der Waals surface area contributed by atoms with Gasteiger partial charge in [-0.3, -0.25) is 9.79 Å². The van der Waals surface area contributed by atoms with Gasteiger partial charge in [-0.1, -0.05) is 23.7 Å². The lowest BCUT2D eigenvalue weighted by Crippen LogP contribution is -2.38. The van der Waals surface area contributed by atoms with Crippen molar-refractivity contribution in [3.05, 3.63) is 53.2 Å². The molecule has 2 aliphatic rings. The maximum atomic E-state index is 14.9. The molecule has 1 aromatic heterocycles. The van der Waals surface area contributed by atoms with E-state index in [0.29, 0.717) is 12.0 Å². The van der Waals surface area contributed by atoms with Crippen molar-refractivity contribution in [2.45, 2.75) is 43.6 Å². The molecule has 0 bridgehead atoms. The van der Waals surface area contributed by atoms with Gasteiger partial charge in [-0.2, -0.15) is 0 Å². The van der Waals surface area contributed by atoms with Gasteiger partial charge in [0.25, 0.3) is 0 Å². The zero-order valence-electron chi connectivity index (χ0n) is 18.3. The van der Waals surface area contributed by atoms with Gasteiger partial charge < -0.3 is 10.5 Å². The van der Waals surface area contributed by atoms with E-state index in [0.717, 1.165) is 0 Å². The predicted octanol–water partition coefficient (Wildman–Crippen LogP) is 4.11. The van der Waals surface area contributed by atoms with E-state index in [-0.39, 0.29) is 34.0 Å². The van der Waals surface area contributed by atoms with E-state index in [4.69, 9.17) is 16.9 Å². The maximum Gasteiger partial charge on any atom is 0.233 e. The number of nitrogens with zero attached hydrogens (tertiary/aromatic N) is 3. The number of Topliss-reactive ketones (excluding diaryl/α,β-unsaturated/α-hetero) is 1. The Hall–Kier alpha value is -3.25. The fraction of sp³-hybridized carbons (Fsp3) is 0.333. The lowest BCUT2D eigenvalue weighted by atomic mass is 9.84.